The van der Waals surface area contributed by atoms with Gasteiger partial charge >= 0.3 is 5.97 Å². The van der Waals surface area contributed by atoms with Crippen molar-refractivity contribution < 1.29 is 14.6 Å². The molecule has 0 aromatic heterocycles. The molecule has 1 unspecified atom stereocenters. The van der Waals surface area contributed by atoms with Crippen LogP contribution < -0.4 is 0 Å². The van der Waals surface area contributed by atoms with Crippen LogP contribution in [0, 0.1) is 5.92 Å². The minimum atomic E-state index is -0.713. The standard InChI is InChI=1S/C16H29NO3/c1-13(2)11-17(12-15(18)19)14-6-9-20-16(10-14)7-4-3-5-8-16/h13-14H,3-12H2,1-2H3,(H,18,19). The number of carboxylic acid groups (broad SMARTS) is 1. The van der Waals surface area contributed by atoms with Crippen molar-refractivity contribution in [3.8, 4) is 0 Å². The summed E-state index contributed by atoms with van der Waals surface area (Å²) in [7, 11) is 0. The molecule has 0 amide bonds. The third kappa shape index (κ3) is 4.19. The Morgan fingerprint density at radius 3 is 2.65 bits per heavy atom. The number of rotatable bonds is 5. The van der Waals surface area contributed by atoms with Gasteiger partial charge in [0.1, 0.15) is 0 Å². The van der Waals surface area contributed by atoms with E-state index >= 15 is 0 Å². The first-order chi connectivity index (χ1) is 9.51. The molecule has 1 atom stereocenters. The van der Waals surface area contributed by atoms with Crippen LogP contribution in [-0.2, 0) is 9.53 Å². The van der Waals surface area contributed by atoms with Crippen molar-refractivity contribution in [1.29, 1.82) is 0 Å². The van der Waals surface area contributed by atoms with Crippen molar-refractivity contribution in [2.45, 2.75) is 70.4 Å². The third-order valence-electron chi connectivity index (χ3n) is 4.69. The van der Waals surface area contributed by atoms with Crippen molar-refractivity contribution in [1.82, 2.24) is 4.90 Å². The maximum Gasteiger partial charge on any atom is 0.317 e. The van der Waals surface area contributed by atoms with E-state index in [0.29, 0.717) is 12.0 Å². The first-order valence-corrected chi connectivity index (χ1v) is 8.10. The van der Waals surface area contributed by atoms with Crippen LogP contribution >= 0.6 is 0 Å². The Morgan fingerprint density at radius 1 is 1.35 bits per heavy atom. The summed E-state index contributed by atoms with van der Waals surface area (Å²) in [6.07, 6.45) is 8.15. The lowest BCUT2D eigenvalue weighted by Crippen LogP contribution is -2.51. The molecule has 1 N–H and O–H groups in total. The Labute approximate surface area is 122 Å². The molecule has 2 aliphatic rings. The molecule has 1 aliphatic carbocycles. The molecule has 0 aromatic carbocycles. The molecule has 0 aromatic rings. The van der Waals surface area contributed by atoms with E-state index in [-0.39, 0.29) is 12.1 Å². The molecule has 1 saturated heterocycles. The zero-order chi connectivity index (χ0) is 14.6. The number of carbonyl (C=O) groups is 1. The summed E-state index contributed by atoms with van der Waals surface area (Å²) < 4.78 is 6.12. The van der Waals surface area contributed by atoms with Crippen LogP contribution in [0.5, 0.6) is 0 Å². The molecular weight excluding hydrogens is 254 g/mol. The SMILES string of the molecule is CC(C)CN(CC(=O)O)C1CCOC2(CCCCC2)C1. The van der Waals surface area contributed by atoms with Gasteiger partial charge in [-0.15, -0.1) is 0 Å². The van der Waals surface area contributed by atoms with Crippen LogP contribution in [-0.4, -0.2) is 47.3 Å². The predicted octanol–water partition coefficient (Wildman–Crippen LogP) is 2.91. The highest BCUT2D eigenvalue weighted by atomic mass is 16.5. The largest absolute Gasteiger partial charge is 0.480 e. The van der Waals surface area contributed by atoms with E-state index in [1.165, 1.54) is 19.3 Å². The van der Waals surface area contributed by atoms with Gasteiger partial charge < -0.3 is 9.84 Å². The van der Waals surface area contributed by atoms with Crippen LogP contribution in [0.15, 0.2) is 0 Å². The van der Waals surface area contributed by atoms with Crippen LogP contribution in [0.1, 0.15) is 58.8 Å². The molecule has 20 heavy (non-hydrogen) atoms. The summed E-state index contributed by atoms with van der Waals surface area (Å²) in [5, 5.41) is 9.16. The third-order valence-corrected chi connectivity index (χ3v) is 4.69. The maximum atomic E-state index is 11.1. The normalized spacial score (nSPS) is 26.3. The summed E-state index contributed by atoms with van der Waals surface area (Å²) in [5.74, 6) is -0.214. The second-order valence-corrected chi connectivity index (χ2v) is 6.96. The van der Waals surface area contributed by atoms with E-state index in [2.05, 4.69) is 18.7 Å². The summed E-state index contributed by atoms with van der Waals surface area (Å²) >= 11 is 0. The Balaban J connectivity index is 2.01. The molecule has 2 rings (SSSR count). The Hall–Kier alpha value is -0.610. The summed E-state index contributed by atoms with van der Waals surface area (Å²) in [6.45, 7) is 6.14. The van der Waals surface area contributed by atoms with Crippen molar-refractivity contribution in [3.63, 3.8) is 0 Å². The van der Waals surface area contributed by atoms with Crippen LogP contribution in [0.4, 0.5) is 0 Å². The minimum Gasteiger partial charge on any atom is -0.480 e. The highest BCUT2D eigenvalue weighted by molar-refractivity contribution is 5.69. The van der Waals surface area contributed by atoms with Crippen LogP contribution in [0.25, 0.3) is 0 Å². The maximum absolute atomic E-state index is 11.1. The minimum absolute atomic E-state index is 0.0505. The van der Waals surface area contributed by atoms with E-state index in [1.807, 2.05) is 0 Å². The number of hydrogen-bond acceptors (Lipinski definition) is 3. The van der Waals surface area contributed by atoms with Crippen molar-refractivity contribution in [3.05, 3.63) is 0 Å². The quantitative estimate of drug-likeness (QED) is 0.843. The van der Waals surface area contributed by atoms with Gasteiger partial charge in [0.05, 0.1) is 12.1 Å². The average Bonchev–Trinajstić information content (AvgIpc) is 2.38. The van der Waals surface area contributed by atoms with E-state index in [1.54, 1.807) is 0 Å². The fraction of sp³-hybridized carbons (Fsp3) is 0.938. The fourth-order valence-corrected chi connectivity index (χ4v) is 3.84. The summed E-state index contributed by atoms with van der Waals surface area (Å²) in [5.41, 5.74) is 0.0505. The van der Waals surface area contributed by atoms with Gasteiger partial charge in [0.15, 0.2) is 0 Å². The number of carboxylic acids is 1. The van der Waals surface area contributed by atoms with E-state index in [4.69, 9.17) is 9.84 Å². The number of hydrogen-bond donors (Lipinski definition) is 1. The Bertz CT molecular complexity index is 318. The smallest absolute Gasteiger partial charge is 0.317 e. The molecule has 4 nitrogen and oxygen atoms in total. The monoisotopic (exact) mass is 283 g/mol. The van der Waals surface area contributed by atoms with Gasteiger partial charge in [0.2, 0.25) is 0 Å². The number of ether oxygens (including phenoxy) is 1. The first-order valence-electron chi connectivity index (χ1n) is 8.10. The molecule has 0 radical (unpaired) electrons. The average molecular weight is 283 g/mol. The van der Waals surface area contributed by atoms with Gasteiger partial charge in [-0.2, -0.15) is 0 Å². The van der Waals surface area contributed by atoms with Crippen LogP contribution in [0.3, 0.4) is 0 Å². The van der Waals surface area contributed by atoms with E-state index in [9.17, 15) is 4.79 Å². The van der Waals surface area contributed by atoms with Gasteiger partial charge in [0, 0.05) is 19.2 Å². The molecule has 1 heterocycles. The summed E-state index contributed by atoms with van der Waals surface area (Å²) in [4.78, 5) is 13.3. The van der Waals surface area contributed by atoms with Crippen molar-refractivity contribution >= 4 is 5.97 Å². The molecule has 2 fully saturated rings. The van der Waals surface area contributed by atoms with Gasteiger partial charge in [0.25, 0.3) is 0 Å². The molecular formula is C16H29NO3. The summed E-state index contributed by atoms with van der Waals surface area (Å²) in [6, 6.07) is 0.375. The lowest BCUT2D eigenvalue weighted by atomic mass is 9.78. The van der Waals surface area contributed by atoms with Gasteiger partial charge in [-0.05, 0) is 31.6 Å². The predicted molar refractivity (Wildman–Crippen MR) is 78.8 cm³/mol. The molecule has 1 aliphatic heterocycles. The second kappa shape index (κ2) is 6.90. The Morgan fingerprint density at radius 2 is 2.05 bits per heavy atom. The van der Waals surface area contributed by atoms with E-state index in [0.717, 1.165) is 38.8 Å². The lowest BCUT2D eigenvalue weighted by molar-refractivity contribution is -0.145. The zero-order valence-electron chi connectivity index (χ0n) is 12.9. The topological polar surface area (TPSA) is 49.8 Å². The lowest BCUT2D eigenvalue weighted by Gasteiger charge is -2.46. The van der Waals surface area contributed by atoms with Gasteiger partial charge in [-0.1, -0.05) is 33.1 Å². The number of aliphatic carboxylic acids is 1. The highest BCUT2D eigenvalue weighted by Gasteiger charge is 2.40. The molecule has 1 spiro atoms. The van der Waals surface area contributed by atoms with Gasteiger partial charge in [-0.3, -0.25) is 9.69 Å². The van der Waals surface area contributed by atoms with Gasteiger partial charge in [-0.25, -0.2) is 0 Å². The highest BCUT2D eigenvalue weighted by Crippen LogP contribution is 2.39. The van der Waals surface area contributed by atoms with E-state index < -0.39 is 5.97 Å². The zero-order valence-corrected chi connectivity index (χ0v) is 12.9. The molecule has 0 bridgehead atoms. The van der Waals surface area contributed by atoms with Crippen molar-refractivity contribution in [2.75, 3.05) is 19.7 Å². The number of nitrogens with zero attached hydrogens (tertiary/aromatic N) is 1. The first kappa shape index (κ1) is 15.8. The second-order valence-electron chi connectivity index (χ2n) is 6.96. The van der Waals surface area contributed by atoms with Crippen LogP contribution in [0.2, 0.25) is 0 Å². The fourth-order valence-electron chi connectivity index (χ4n) is 3.84. The molecule has 1 saturated carbocycles. The molecule has 4 heteroatoms. The van der Waals surface area contributed by atoms with Crippen molar-refractivity contribution in [2.24, 2.45) is 5.92 Å². The Kier molecular flexibility index (Phi) is 5.44. The molecule has 116 valence electrons.